The van der Waals surface area contributed by atoms with Gasteiger partial charge in [-0.05, 0) is 52.9 Å². The van der Waals surface area contributed by atoms with Crippen LogP contribution in [0.1, 0.15) is 41.3 Å². The smallest absolute Gasteiger partial charge is 0.221 e. The molecule has 160 valence electrons. The summed E-state index contributed by atoms with van der Waals surface area (Å²) in [6.07, 6.45) is 0. The number of hydrogen-bond acceptors (Lipinski definition) is 5. The van der Waals surface area contributed by atoms with E-state index in [4.69, 9.17) is 0 Å². The Kier molecular flexibility index (Phi) is 4.44. The van der Waals surface area contributed by atoms with Crippen molar-refractivity contribution in [2.24, 2.45) is 0 Å². The molecule has 0 bridgehead atoms. The lowest BCUT2D eigenvalue weighted by Crippen LogP contribution is -2.40. The van der Waals surface area contributed by atoms with E-state index in [-0.39, 0.29) is 28.9 Å². The summed E-state index contributed by atoms with van der Waals surface area (Å²) in [6.45, 7) is 1.45. The van der Waals surface area contributed by atoms with Crippen molar-refractivity contribution in [3.8, 4) is 23.0 Å². The molecule has 0 spiro atoms. The van der Waals surface area contributed by atoms with Gasteiger partial charge >= 0.3 is 0 Å². The van der Waals surface area contributed by atoms with Crippen LogP contribution >= 0.6 is 0 Å². The molecule has 0 radical (unpaired) electrons. The van der Waals surface area contributed by atoms with E-state index in [1.165, 1.54) is 6.92 Å². The summed E-state index contributed by atoms with van der Waals surface area (Å²) in [6, 6.07) is 18.4. The Hall–Kier alpha value is -4.19. The topological polar surface area (TPSA) is 101 Å². The first-order chi connectivity index (χ1) is 15.4. The molecule has 6 heteroatoms. The second-order valence-electron chi connectivity index (χ2n) is 8.01. The molecule has 1 amide bonds. The van der Waals surface area contributed by atoms with Crippen LogP contribution in [0.15, 0.2) is 72.8 Å². The van der Waals surface area contributed by atoms with Crippen LogP contribution in [-0.2, 0) is 4.79 Å². The monoisotopic (exact) mass is 427 g/mol. The van der Waals surface area contributed by atoms with E-state index in [2.05, 4.69) is 0 Å². The highest BCUT2D eigenvalue weighted by atomic mass is 16.3. The van der Waals surface area contributed by atoms with Gasteiger partial charge in [0.25, 0.3) is 0 Å². The fourth-order valence-corrected chi connectivity index (χ4v) is 4.76. The molecule has 6 nitrogen and oxygen atoms in total. The molecular formula is C26H21NO5. The zero-order valence-electron chi connectivity index (χ0n) is 17.2. The van der Waals surface area contributed by atoms with Crippen molar-refractivity contribution in [3.63, 3.8) is 0 Å². The van der Waals surface area contributed by atoms with Gasteiger partial charge in [0.2, 0.25) is 5.91 Å². The molecule has 5 rings (SSSR count). The molecule has 0 saturated heterocycles. The predicted octanol–water partition coefficient (Wildman–Crippen LogP) is 4.70. The molecule has 2 unspecified atom stereocenters. The lowest BCUT2D eigenvalue weighted by Gasteiger charge is -2.43. The summed E-state index contributed by atoms with van der Waals surface area (Å²) in [5.74, 6) is -0.0499. The van der Waals surface area contributed by atoms with Crippen LogP contribution in [0.25, 0.3) is 10.8 Å². The number of hydrogen-bond donors (Lipinski definition) is 4. The molecule has 0 fully saturated rings. The number of phenols is 4. The van der Waals surface area contributed by atoms with Crippen molar-refractivity contribution in [1.29, 1.82) is 0 Å². The van der Waals surface area contributed by atoms with Crippen LogP contribution < -0.4 is 0 Å². The number of nitrogens with zero attached hydrogens (tertiary/aromatic N) is 1. The second-order valence-corrected chi connectivity index (χ2v) is 8.01. The maximum Gasteiger partial charge on any atom is 0.221 e. The molecule has 0 aromatic heterocycles. The van der Waals surface area contributed by atoms with Gasteiger partial charge < -0.3 is 25.3 Å². The van der Waals surface area contributed by atoms with Gasteiger partial charge in [0, 0.05) is 23.4 Å². The van der Waals surface area contributed by atoms with Gasteiger partial charge in [0.05, 0.1) is 12.1 Å². The zero-order chi connectivity index (χ0) is 22.6. The highest BCUT2D eigenvalue weighted by Gasteiger charge is 2.42. The molecule has 1 heterocycles. The number of aromatic hydroxyl groups is 4. The van der Waals surface area contributed by atoms with Crippen molar-refractivity contribution in [1.82, 2.24) is 4.90 Å². The normalized spacial score (nSPS) is 17.5. The number of phenolic OH excluding ortho intramolecular Hbond substituents is 4. The number of rotatable bonds is 2. The Labute approximate surface area is 184 Å². The summed E-state index contributed by atoms with van der Waals surface area (Å²) in [7, 11) is 0. The van der Waals surface area contributed by atoms with Gasteiger partial charge in [-0.15, -0.1) is 0 Å². The van der Waals surface area contributed by atoms with Crippen LogP contribution in [0.2, 0.25) is 0 Å². The minimum Gasteiger partial charge on any atom is -0.508 e. The predicted molar refractivity (Wildman–Crippen MR) is 120 cm³/mol. The van der Waals surface area contributed by atoms with Gasteiger partial charge in [-0.3, -0.25) is 4.79 Å². The third kappa shape index (κ3) is 2.92. The van der Waals surface area contributed by atoms with Crippen molar-refractivity contribution >= 4 is 16.7 Å². The summed E-state index contributed by atoms with van der Waals surface area (Å²) in [5, 5.41) is 43.0. The molecule has 4 aromatic rings. The van der Waals surface area contributed by atoms with Gasteiger partial charge in [0.15, 0.2) is 0 Å². The fourth-order valence-electron chi connectivity index (χ4n) is 4.76. The molecule has 0 aliphatic carbocycles. The number of benzene rings is 4. The summed E-state index contributed by atoms with van der Waals surface area (Å²) in [4.78, 5) is 14.7. The van der Waals surface area contributed by atoms with E-state index in [0.29, 0.717) is 27.6 Å². The van der Waals surface area contributed by atoms with E-state index >= 15 is 0 Å². The minimum atomic E-state index is -0.662. The SMILES string of the molecule is CC(=O)N1C(c2ccc(O)cc2)c2c(O)ccc3ccc(O)c(c23)C1c1ccc(O)cc1. The van der Waals surface area contributed by atoms with Gasteiger partial charge in [-0.1, -0.05) is 36.4 Å². The molecule has 4 N–H and O–H groups in total. The van der Waals surface area contributed by atoms with Crippen molar-refractivity contribution in [2.45, 2.75) is 19.0 Å². The highest BCUT2D eigenvalue weighted by molar-refractivity contribution is 5.96. The first-order valence-corrected chi connectivity index (χ1v) is 10.2. The van der Waals surface area contributed by atoms with E-state index in [1.807, 2.05) is 0 Å². The third-order valence-electron chi connectivity index (χ3n) is 6.11. The summed E-state index contributed by atoms with van der Waals surface area (Å²) in [5.41, 5.74) is 2.45. The Balaban J connectivity index is 1.92. The molecule has 1 aliphatic heterocycles. The number of carbonyl (C=O) groups is 1. The van der Waals surface area contributed by atoms with Crippen LogP contribution in [0, 0.1) is 0 Å². The van der Waals surface area contributed by atoms with Crippen molar-refractivity contribution < 1.29 is 25.2 Å². The number of carbonyl (C=O) groups excluding carboxylic acids is 1. The molecule has 4 aromatic carbocycles. The average Bonchev–Trinajstić information content (AvgIpc) is 2.78. The van der Waals surface area contributed by atoms with E-state index in [9.17, 15) is 25.2 Å². The number of amides is 1. The van der Waals surface area contributed by atoms with E-state index in [0.717, 1.165) is 5.39 Å². The van der Waals surface area contributed by atoms with Crippen LogP contribution in [-0.4, -0.2) is 31.2 Å². The second kappa shape index (κ2) is 7.20. The summed E-state index contributed by atoms with van der Waals surface area (Å²) >= 11 is 0. The Morgan fingerprint density at radius 3 is 1.44 bits per heavy atom. The van der Waals surface area contributed by atoms with Crippen LogP contribution in [0.5, 0.6) is 23.0 Å². The van der Waals surface area contributed by atoms with Gasteiger partial charge in [0.1, 0.15) is 23.0 Å². The summed E-state index contributed by atoms with van der Waals surface area (Å²) < 4.78 is 0. The zero-order valence-corrected chi connectivity index (χ0v) is 17.2. The molecule has 2 atom stereocenters. The first kappa shape index (κ1) is 19.8. The maximum atomic E-state index is 13.1. The highest BCUT2D eigenvalue weighted by Crippen LogP contribution is 2.53. The Morgan fingerprint density at radius 1 is 0.656 bits per heavy atom. The first-order valence-electron chi connectivity index (χ1n) is 10.2. The maximum absolute atomic E-state index is 13.1. The molecule has 0 saturated carbocycles. The lowest BCUT2D eigenvalue weighted by atomic mass is 9.79. The van der Waals surface area contributed by atoms with Crippen LogP contribution in [0.4, 0.5) is 0 Å². The van der Waals surface area contributed by atoms with Crippen LogP contribution in [0.3, 0.4) is 0 Å². The van der Waals surface area contributed by atoms with E-state index in [1.54, 1.807) is 77.7 Å². The standard InChI is InChI=1S/C26H21NO5/c1-14(28)27-25(16-2-8-18(29)9-3-16)23-20(31)12-6-15-7-13-21(32)24(22(15)23)26(27)17-4-10-19(30)11-5-17/h2-13,25-26,29-32H,1H3. The quantitative estimate of drug-likeness (QED) is 0.371. The van der Waals surface area contributed by atoms with Crippen molar-refractivity contribution in [2.75, 3.05) is 0 Å². The Morgan fingerprint density at radius 2 is 1.06 bits per heavy atom. The fraction of sp³-hybridized carbons (Fsp3) is 0.115. The third-order valence-corrected chi connectivity index (χ3v) is 6.11. The minimum absolute atomic E-state index is 0.0119. The van der Waals surface area contributed by atoms with E-state index < -0.39 is 12.1 Å². The Bertz CT molecular complexity index is 1250. The molecule has 32 heavy (non-hydrogen) atoms. The lowest BCUT2D eigenvalue weighted by molar-refractivity contribution is -0.132. The average molecular weight is 427 g/mol. The van der Waals surface area contributed by atoms with Gasteiger partial charge in [-0.2, -0.15) is 0 Å². The molecule has 1 aliphatic rings. The largest absolute Gasteiger partial charge is 0.508 e. The molecular weight excluding hydrogens is 406 g/mol. The van der Waals surface area contributed by atoms with Crippen molar-refractivity contribution in [3.05, 3.63) is 95.1 Å². The van der Waals surface area contributed by atoms with Gasteiger partial charge in [-0.25, -0.2) is 0 Å².